The number of imide groups is 1. The first kappa shape index (κ1) is 18.2. The van der Waals surface area contributed by atoms with Crippen LogP contribution in [0.5, 0.6) is 11.5 Å². The van der Waals surface area contributed by atoms with E-state index < -0.39 is 35.5 Å². The van der Waals surface area contributed by atoms with Crippen molar-refractivity contribution in [1.82, 2.24) is 5.06 Å². The average molecular weight is 381 g/mol. The summed E-state index contributed by atoms with van der Waals surface area (Å²) in [6, 6.07) is 8.95. The maximum Gasteiger partial charge on any atom is 0.573 e. The largest absolute Gasteiger partial charge is 0.573 e. The Morgan fingerprint density at radius 3 is 2.00 bits per heavy atom. The summed E-state index contributed by atoms with van der Waals surface area (Å²) in [5.74, 6) is -4.46. The van der Waals surface area contributed by atoms with Crippen LogP contribution in [0.1, 0.15) is 31.1 Å². The highest BCUT2D eigenvalue weighted by Crippen LogP contribution is 2.34. The molecule has 0 aliphatic carbocycles. The highest BCUT2D eigenvalue weighted by Gasteiger charge is 2.40. The van der Waals surface area contributed by atoms with Gasteiger partial charge in [-0.2, -0.15) is 0 Å². The first-order valence-electron chi connectivity index (χ1n) is 7.36. The van der Waals surface area contributed by atoms with Crippen LogP contribution in [0.15, 0.2) is 42.5 Å². The molecule has 0 atom stereocenters. The number of rotatable bonds is 4. The normalized spacial score (nSPS) is 13.4. The average Bonchev–Trinajstić information content (AvgIpc) is 2.85. The number of hydrogen-bond donors (Lipinski definition) is 0. The van der Waals surface area contributed by atoms with E-state index in [2.05, 4.69) is 4.74 Å². The first-order chi connectivity index (χ1) is 12.7. The molecule has 0 unspecified atom stereocenters. The summed E-state index contributed by atoms with van der Waals surface area (Å²) in [7, 11) is 1.12. The van der Waals surface area contributed by atoms with E-state index in [4.69, 9.17) is 9.57 Å². The second-order valence-corrected chi connectivity index (χ2v) is 5.21. The number of nitrogens with zero attached hydrogens (tertiary/aromatic N) is 1. The lowest BCUT2D eigenvalue weighted by molar-refractivity contribution is -0.274. The maximum absolute atomic E-state index is 12.6. The van der Waals surface area contributed by atoms with Crippen molar-refractivity contribution in [2.24, 2.45) is 0 Å². The topological polar surface area (TPSA) is 82.1 Å². The number of amides is 2. The van der Waals surface area contributed by atoms with Gasteiger partial charge in [-0.05, 0) is 24.3 Å². The third-order valence-electron chi connectivity index (χ3n) is 3.57. The number of carbonyl (C=O) groups excluding carboxylic acids is 3. The molecule has 2 aromatic rings. The lowest BCUT2D eigenvalue weighted by Gasteiger charge is -2.17. The third kappa shape index (κ3) is 3.41. The predicted octanol–water partition coefficient (Wildman–Crippen LogP) is 2.96. The molecule has 0 fully saturated rings. The minimum Gasteiger partial charge on any atom is -0.496 e. The van der Waals surface area contributed by atoms with Crippen LogP contribution in [0.4, 0.5) is 13.2 Å². The predicted molar refractivity (Wildman–Crippen MR) is 82.0 cm³/mol. The molecule has 1 aliphatic heterocycles. The van der Waals surface area contributed by atoms with Gasteiger partial charge in [0, 0.05) is 0 Å². The van der Waals surface area contributed by atoms with E-state index in [1.54, 1.807) is 0 Å². The van der Waals surface area contributed by atoms with Gasteiger partial charge in [-0.1, -0.05) is 23.3 Å². The molecule has 2 aromatic carbocycles. The van der Waals surface area contributed by atoms with E-state index in [9.17, 15) is 27.6 Å². The van der Waals surface area contributed by atoms with Gasteiger partial charge in [0.05, 0.1) is 18.2 Å². The van der Waals surface area contributed by atoms with Crippen LogP contribution in [-0.2, 0) is 4.84 Å². The molecule has 0 bridgehead atoms. The summed E-state index contributed by atoms with van der Waals surface area (Å²) in [5, 5.41) is 0.177. The molecule has 0 radical (unpaired) electrons. The van der Waals surface area contributed by atoms with E-state index in [-0.39, 0.29) is 21.9 Å². The lowest BCUT2D eigenvalue weighted by Crippen LogP contribution is -2.33. The monoisotopic (exact) mass is 381 g/mol. The molecule has 1 heterocycles. The van der Waals surface area contributed by atoms with Gasteiger partial charge in [0.25, 0.3) is 11.8 Å². The molecule has 2 amide bonds. The zero-order valence-corrected chi connectivity index (χ0v) is 13.6. The van der Waals surface area contributed by atoms with Crippen molar-refractivity contribution in [3.8, 4) is 11.5 Å². The lowest BCUT2D eigenvalue weighted by atomic mass is 10.1. The summed E-state index contributed by atoms with van der Waals surface area (Å²) in [4.78, 5) is 41.7. The number of benzene rings is 2. The molecule has 3 rings (SSSR count). The van der Waals surface area contributed by atoms with E-state index in [1.165, 1.54) is 36.4 Å². The Kier molecular flexibility index (Phi) is 4.48. The maximum atomic E-state index is 12.6. The standard InChI is InChI=1S/C17H10F3NO6/c1-25-11-7-4-8-12(26-17(18,19)20)13(11)16(24)27-21-14(22)9-5-2-3-6-10(9)15(21)23/h2-8H,1H3. The van der Waals surface area contributed by atoms with E-state index in [0.717, 1.165) is 13.2 Å². The Balaban J connectivity index is 1.93. The summed E-state index contributed by atoms with van der Waals surface area (Å²) >= 11 is 0. The molecule has 7 nitrogen and oxygen atoms in total. The van der Waals surface area contributed by atoms with Crippen LogP contribution in [0, 0.1) is 0 Å². The first-order valence-corrected chi connectivity index (χ1v) is 7.36. The number of fused-ring (bicyclic) bond motifs is 1. The Labute approximate surface area is 149 Å². The van der Waals surface area contributed by atoms with Crippen LogP contribution in [0.3, 0.4) is 0 Å². The van der Waals surface area contributed by atoms with Gasteiger partial charge in [0.2, 0.25) is 0 Å². The van der Waals surface area contributed by atoms with Crippen LogP contribution >= 0.6 is 0 Å². The number of ether oxygens (including phenoxy) is 2. The summed E-state index contributed by atoms with van der Waals surface area (Å²) in [6.45, 7) is 0. The van der Waals surface area contributed by atoms with E-state index >= 15 is 0 Å². The fourth-order valence-corrected chi connectivity index (χ4v) is 2.47. The Morgan fingerprint density at radius 2 is 1.48 bits per heavy atom. The van der Waals surface area contributed by atoms with Gasteiger partial charge >= 0.3 is 12.3 Å². The second-order valence-electron chi connectivity index (χ2n) is 5.21. The number of hydrogen-bond acceptors (Lipinski definition) is 6. The fourth-order valence-electron chi connectivity index (χ4n) is 2.47. The zero-order valence-electron chi connectivity index (χ0n) is 13.6. The smallest absolute Gasteiger partial charge is 0.496 e. The zero-order chi connectivity index (χ0) is 19.8. The van der Waals surface area contributed by atoms with Crippen molar-refractivity contribution < 1.29 is 41.9 Å². The number of hydroxylamine groups is 2. The highest BCUT2D eigenvalue weighted by atomic mass is 19.4. The van der Waals surface area contributed by atoms with Crippen molar-refractivity contribution in [3.05, 3.63) is 59.2 Å². The van der Waals surface area contributed by atoms with Crippen LogP contribution in [-0.4, -0.2) is 36.3 Å². The second kappa shape index (κ2) is 6.63. The van der Waals surface area contributed by atoms with Gasteiger partial charge in [-0.15, -0.1) is 13.2 Å². The molecular weight excluding hydrogens is 371 g/mol. The van der Waals surface area contributed by atoms with E-state index in [1.807, 2.05) is 0 Å². The molecule has 140 valence electrons. The Morgan fingerprint density at radius 1 is 0.926 bits per heavy atom. The Bertz CT molecular complexity index is 906. The molecule has 0 spiro atoms. The minimum atomic E-state index is -5.09. The molecule has 0 N–H and O–H groups in total. The number of halogens is 3. The van der Waals surface area contributed by atoms with Crippen molar-refractivity contribution in [2.45, 2.75) is 6.36 Å². The van der Waals surface area contributed by atoms with Gasteiger partial charge in [0.15, 0.2) is 0 Å². The summed E-state index contributed by atoms with van der Waals surface area (Å²) in [5.41, 5.74) is -0.724. The summed E-state index contributed by atoms with van der Waals surface area (Å²) < 4.78 is 46.5. The van der Waals surface area contributed by atoms with Crippen LogP contribution in [0.25, 0.3) is 0 Å². The number of alkyl halides is 3. The minimum absolute atomic E-state index is 0.00194. The van der Waals surface area contributed by atoms with Crippen molar-refractivity contribution >= 4 is 17.8 Å². The molecule has 1 aliphatic rings. The Hall–Kier alpha value is -3.56. The summed E-state index contributed by atoms with van der Waals surface area (Å²) in [6.07, 6.45) is -5.09. The number of carbonyl (C=O) groups is 3. The molecule has 0 aromatic heterocycles. The van der Waals surface area contributed by atoms with Crippen molar-refractivity contribution in [3.63, 3.8) is 0 Å². The number of methoxy groups -OCH3 is 1. The third-order valence-corrected chi connectivity index (χ3v) is 3.57. The molecular formula is C17H10F3NO6. The van der Waals surface area contributed by atoms with Crippen molar-refractivity contribution in [1.29, 1.82) is 0 Å². The van der Waals surface area contributed by atoms with Gasteiger partial charge in [-0.25, -0.2) is 4.79 Å². The highest BCUT2D eigenvalue weighted by molar-refractivity contribution is 6.21. The van der Waals surface area contributed by atoms with E-state index in [0.29, 0.717) is 0 Å². The van der Waals surface area contributed by atoms with Crippen LogP contribution < -0.4 is 9.47 Å². The van der Waals surface area contributed by atoms with Gasteiger partial charge in [0.1, 0.15) is 17.1 Å². The van der Waals surface area contributed by atoms with Gasteiger partial charge in [-0.3, -0.25) is 9.59 Å². The quantitative estimate of drug-likeness (QED) is 0.758. The molecule has 0 saturated carbocycles. The van der Waals surface area contributed by atoms with Crippen molar-refractivity contribution in [2.75, 3.05) is 7.11 Å². The van der Waals surface area contributed by atoms with Gasteiger partial charge < -0.3 is 14.3 Å². The SMILES string of the molecule is COc1cccc(OC(F)(F)F)c1C(=O)ON1C(=O)c2ccccc2C1=O. The molecule has 10 heteroatoms. The molecule has 27 heavy (non-hydrogen) atoms. The fraction of sp³-hybridized carbons (Fsp3) is 0.118. The van der Waals surface area contributed by atoms with Crippen LogP contribution in [0.2, 0.25) is 0 Å². The molecule has 0 saturated heterocycles.